The van der Waals surface area contributed by atoms with Gasteiger partial charge in [-0.25, -0.2) is 0 Å². The quantitative estimate of drug-likeness (QED) is 0.837. The fourth-order valence-corrected chi connectivity index (χ4v) is 3.54. The standard InChI is InChI=1S/C16H22N2O/c1-11-4-3-5-12(2)15(11)16(19)18-9-7-14-13(10-18)6-8-17-14/h3-5,13-14,17H,6-10H2,1-2H3. The zero-order valence-corrected chi connectivity index (χ0v) is 11.8. The number of amides is 1. The molecule has 2 saturated heterocycles. The number of aryl methyl sites for hydroxylation is 2. The molecule has 2 unspecified atom stereocenters. The Hall–Kier alpha value is -1.35. The molecule has 2 heterocycles. The van der Waals surface area contributed by atoms with Crippen LogP contribution in [0.4, 0.5) is 0 Å². The van der Waals surface area contributed by atoms with E-state index in [0.29, 0.717) is 12.0 Å². The SMILES string of the molecule is Cc1cccc(C)c1C(=O)N1CCC2NCCC2C1. The van der Waals surface area contributed by atoms with Crippen molar-refractivity contribution in [3.05, 3.63) is 34.9 Å². The molecule has 2 atom stereocenters. The topological polar surface area (TPSA) is 32.3 Å². The Kier molecular flexibility index (Phi) is 3.31. The van der Waals surface area contributed by atoms with Gasteiger partial charge in [0, 0.05) is 24.7 Å². The smallest absolute Gasteiger partial charge is 0.254 e. The van der Waals surface area contributed by atoms with Crippen molar-refractivity contribution in [3.8, 4) is 0 Å². The van der Waals surface area contributed by atoms with E-state index < -0.39 is 0 Å². The highest BCUT2D eigenvalue weighted by atomic mass is 16.2. The van der Waals surface area contributed by atoms with Crippen LogP contribution in [0.15, 0.2) is 18.2 Å². The summed E-state index contributed by atoms with van der Waals surface area (Å²) in [5, 5.41) is 3.54. The van der Waals surface area contributed by atoms with Gasteiger partial charge in [-0.2, -0.15) is 0 Å². The molecule has 3 heteroatoms. The van der Waals surface area contributed by atoms with Crippen molar-refractivity contribution in [2.45, 2.75) is 32.7 Å². The van der Waals surface area contributed by atoms with Crippen LogP contribution in [0.5, 0.6) is 0 Å². The number of carbonyl (C=O) groups is 1. The molecule has 0 saturated carbocycles. The van der Waals surface area contributed by atoms with Gasteiger partial charge in [-0.3, -0.25) is 4.79 Å². The number of likely N-dealkylation sites (tertiary alicyclic amines) is 1. The van der Waals surface area contributed by atoms with Crippen LogP contribution in [0.2, 0.25) is 0 Å². The monoisotopic (exact) mass is 258 g/mol. The predicted molar refractivity (Wildman–Crippen MR) is 76.3 cm³/mol. The van der Waals surface area contributed by atoms with E-state index >= 15 is 0 Å². The first-order valence-corrected chi connectivity index (χ1v) is 7.25. The normalized spacial score (nSPS) is 26.3. The summed E-state index contributed by atoms with van der Waals surface area (Å²) in [6.45, 7) is 6.99. The third-order valence-corrected chi connectivity index (χ3v) is 4.64. The van der Waals surface area contributed by atoms with Crippen LogP contribution in [-0.4, -0.2) is 36.5 Å². The number of hydrogen-bond donors (Lipinski definition) is 1. The third-order valence-electron chi connectivity index (χ3n) is 4.64. The number of piperidine rings is 1. The highest BCUT2D eigenvalue weighted by molar-refractivity contribution is 5.97. The summed E-state index contributed by atoms with van der Waals surface area (Å²) in [5.41, 5.74) is 3.10. The molecule has 0 bridgehead atoms. The number of nitrogens with one attached hydrogen (secondary N) is 1. The van der Waals surface area contributed by atoms with Gasteiger partial charge in [0.05, 0.1) is 0 Å². The first-order valence-electron chi connectivity index (χ1n) is 7.25. The number of nitrogens with zero attached hydrogens (tertiary/aromatic N) is 1. The van der Waals surface area contributed by atoms with Crippen molar-refractivity contribution >= 4 is 5.91 Å². The maximum absolute atomic E-state index is 12.7. The molecule has 1 aromatic carbocycles. The van der Waals surface area contributed by atoms with Crippen LogP contribution in [0, 0.1) is 19.8 Å². The molecule has 0 aromatic heterocycles. The Bertz CT molecular complexity index is 477. The molecule has 2 aliphatic rings. The van der Waals surface area contributed by atoms with E-state index in [1.807, 2.05) is 32.0 Å². The van der Waals surface area contributed by atoms with E-state index in [0.717, 1.165) is 42.7 Å². The minimum absolute atomic E-state index is 0.223. The summed E-state index contributed by atoms with van der Waals surface area (Å²) in [6, 6.07) is 6.73. The van der Waals surface area contributed by atoms with Gasteiger partial charge in [0.15, 0.2) is 0 Å². The summed E-state index contributed by atoms with van der Waals surface area (Å²) < 4.78 is 0. The lowest BCUT2D eigenvalue weighted by Gasteiger charge is -2.35. The molecule has 2 aliphatic heterocycles. The average molecular weight is 258 g/mol. The molecule has 3 nitrogen and oxygen atoms in total. The van der Waals surface area contributed by atoms with Gasteiger partial charge in [0.2, 0.25) is 0 Å². The van der Waals surface area contributed by atoms with E-state index in [-0.39, 0.29) is 5.91 Å². The lowest BCUT2D eigenvalue weighted by Crippen LogP contribution is -2.47. The molecule has 102 valence electrons. The second kappa shape index (κ2) is 4.97. The summed E-state index contributed by atoms with van der Waals surface area (Å²) in [7, 11) is 0. The molecule has 0 aliphatic carbocycles. The van der Waals surface area contributed by atoms with Gasteiger partial charge in [-0.05, 0) is 50.3 Å². The van der Waals surface area contributed by atoms with Crippen molar-refractivity contribution in [1.29, 1.82) is 0 Å². The Labute approximate surface area is 115 Å². The van der Waals surface area contributed by atoms with Crippen LogP contribution in [0.1, 0.15) is 34.3 Å². The lowest BCUT2D eigenvalue weighted by molar-refractivity contribution is 0.0660. The van der Waals surface area contributed by atoms with Crippen LogP contribution in [0.25, 0.3) is 0 Å². The Morgan fingerprint density at radius 3 is 2.74 bits per heavy atom. The van der Waals surface area contributed by atoms with Crippen molar-refractivity contribution in [3.63, 3.8) is 0 Å². The Morgan fingerprint density at radius 2 is 2.00 bits per heavy atom. The number of fused-ring (bicyclic) bond motifs is 1. The zero-order valence-electron chi connectivity index (χ0n) is 11.8. The second-order valence-corrected chi connectivity index (χ2v) is 5.92. The van der Waals surface area contributed by atoms with Crippen LogP contribution < -0.4 is 5.32 Å². The van der Waals surface area contributed by atoms with Gasteiger partial charge < -0.3 is 10.2 Å². The number of rotatable bonds is 1. The summed E-state index contributed by atoms with van der Waals surface area (Å²) in [6.07, 6.45) is 2.31. The summed E-state index contributed by atoms with van der Waals surface area (Å²) >= 11 is 0. The molecule has 0 radical (unpaired) electrons. The van der Waals surface area contributed by atoms with Crippen molar-refractivity contribution in [1.82, 2.24) is 10.2 Å². The summed E-state index contributed by atoms with van der Waals surface area (Å²) in [4.78, 5) is 14.8. The second-order valence-electron chi connectivity index (χ2n) is 5.92. The van der Waals surface area contributed by atoms with Crippen LogP contribution >= 0.6 is 0 Å². The largest absolute Gasteiger partial charge is 0.338 e. The third kappa shape index (κ3) is 2.27. The maximum Gasteiger partial charge on any atom is 0.254 e. The number of benzene rings is 1. The number of carbonyl (C=O) groups excluding carboxylic acids is 1. The zero-order chi connectivity index (χ0) is 13.4. The fourth-order valence-electron chi connectivity index (χ4n) is 3.54. The van der Waals surface area contributed by atoms with Crippen LogP contribution in [-0.2, 0) is 0 Å². The molecule has 19 heavy (non-hydrogen) atoms. The maximum atomic E-state index is 12.7. The Balaban J connectivity index is 1.81. The molecule has 1 amide bonds. The minimum Gasteiger partial charge on any atom is -0.338 e. The summed E-state index contributed by atoms with van der Waals surface area (Å²) in [5.74, 6) is 0.878. The highest BCUT2D eigenvalue weighted by Gasteiger charge is 2.34. The van der Waals surface area contributed by atoms with E-state index in [9.17, 15) is 4.79 Å². The predicted octanol–water partition coefficient (Wildman–Crippen LogP) is 2.13. The molecule has 3 rings (SSSR count). The molecule has 2 fully saturated rings. The van der Waals surface area contributed by atoms with Gasteiger partial charge in [-0.1, -0.05) is 18.2 Å². The highest BCUT2D eigenvalue weighted by Crippen LogP contribution is 2.26. The van der Waals surface area contributed by atoms with E-state index in [1.54, 1.807) is 0 Å². The van der Waals surface area contributed by atoms with Crippen molar-refractivity contribution in [2.24, 2.45) is 5.92 Å². The van der Waals surface area contributed by atoms with Gasteiger partial charge in [0.25, 0.3) is 5.91 Å². The van der Waals surface area contributed by atoms with Crippen molar-refractivity contribution in [2.75, 3.05) is 19.6 Å². The van der Waals surface area contributed by atoms with E-state index in [1.165, 1.54) is 6.42 Å². The first-order chi connectivity index (χ1) is 9.16. The first kappa shape index (κ1) is 12.7. The van der Waals surface area contributed by atoms with Gasteiger partial charge in [0.1, 0.15) is 0 Å². The fraction of sp³-hybridized carbons (Fsp3) is 0.562. The van der Waals surface area contributed by atoms with Crippen LogP contribution in [0.3, 0.4) is 0 Å². The molecular formula is C16H22N2O. The number of hydrogen-bond acceptors (Lipinski definition) is 2. The van der Waals surface area contributed by atoms with Crippen molar-refractivity contribution < 1.29 is 4.79 Å². The molecule has 0 spiro atoms. The van der Waals surface area contributed by atoms with Gasteiger partial charge in [-0.15, -0.1) is 0 Å². The molecule has 1 N–H and O–H groups in total. The van der Waals surface area contributed by atoms with Gasteiger partial charge >= 0.3 is 0 Å². The molecular weight excluding hydrogens is 236 g/mol. The lowest BCUT2D eigenvalue weighted by atomic mass is 9.92. The molecule has 1 aromatic rings. The minimum atomic E-state index is 0.223. The average Bonchev–Trinajstić information content (AvgIpc) is 2.85. The Morgan fingerprint density at radius 1 is 1.26 bits per heavy atom. The van der Waals surface area contributed by atoms with E-state index in [4.69, 9.17) is 0 Å². The van der Waals surface area contributed by atoms with E-state index in [2.05, 4.69) is 10.2 Å².